The van der Waals surface area contributed by atoms with Crippen LogP contribution in [0.2, 0.25) is 0 Å². The van der Waals surface area contributed by atoms with Gasteiger partial charge >= 0.3 is 5.97 Å². The van der Waals surface area contributed by atoms with E-state index in [1.807, 2.05) is 20.8 Å². The van der Waals surface area contributed by atoms with Crippen molar-refractivity contribution in [2.75, 3.05) is 0 Å². The smallest absolute Gasteiger partial charge is 0.334 e. The monoisotopic (exact) mass is 360 g/mol. The van der Waals surface area contributed by atoms with E-state index >= 15 is 0 Å². The molecule has 5 nitrogen and oxygen atoms in total. The minimum absolute atomic E-state index is 0.0777. The fourth-order valence-electron chi connectivity index (χ4n) is 4.62. The number of allylic oxidation sites excluding steroid dienone is 1. The highest BCUT2D eigenvalue weighted by molar-refractivity contribution is 5.89. The standard InChI is InChI=1S/C21H28O5/c1-20(2)17-9-6-13(4-5-14-12-15(22)7-8-16(14)23)19(25)26-21(17,3)11-10-18(20)24/h4,7-8,12,17-18,22-24H,5-6,9-11H2,1-3H3/b13-4+/t17-,18+,21+/m1/s1. The Hall–Kier alpha value is -2.01. The molecule has 1 aliphatic heterocycles. The molecule has 26 heavy (non-hydrogen) atoms. The minimum Gasteiger partial charge on any atom is -0.508 e. The van der Waals surface area contributed by atoms with Gasteiger partial charge in [0.15, 0.2) is 0 Å². The lowest BCUT2D eigenvalue weighted by Gasteiger charge is -2.51. The maximum absolute atomic E-state index is 12.7. The van der Waals surface area contributed by atoms with Gasteiger partial charge in [-0.25, -0.2) is 4.79 Å². The van der Waals surface area contributed by atoms with Crippen molar-refractivity contribution in [2.45, 2.75) is 64.6 Å². The highest BCUT2D eigenvalue weighted by Crippen LogP contribution is 2.52. The van der Waals surface area contributed by atoms with Gasteiger partial charge in [-0.15, -0.1) is 0 Å². The van der Waals surface area contributed by atoms with Gasteiger partial charge < -0.3 is 20.1 Å². The molecule has 2 fully saturated rings. The van der Waals surface area contributed by atoms with E-state index < -0.39 is 11.7 Å². The summed E-state index contributed by atoms with van der Waals surface area (Å²) in [6.07, 6.45) is 4.37. The van der Waals surface area contributed by atoms with Crippen LogP contribution in [0.15, 0.2) is 29.8 Å². The summed E-state index contributed by atoms with van der Waals surface area (Å²) in [5.41, 5.74) is 0.275. The van der Waals surface area contributed by atoms with E-state index in [1.54, 1.807) is 6.08 Å². The quantitative estimate of drug-likeness (QED) is 0.427. The second-order valence-electron chi connectivity index (χ2n) is 8.42. The molecular weight excluding hydrogens is 332 g/mol. The molecule has 1 saturated heterocycles. The van der Waals surface area contributed by atoms with E-state index in [1.165, 1.54) is 18.2 Å². The van der Waals surface area contributed by atoms with Crippen LogP contribution in [-0.2, 0) is 16.0 Å². The number of ether oxygens (including phenoxy) is 1. The number of benzene rings is 1. The van der Waals surface area contributed by atoms with Crippen LogP contribution in [0.1, 0.15) is 52.0 Å². The molecule has 1 saturated carbocycles. The van der Waals surface area contributed by atoms with E-state index in [-0.39, 0.29) is 28.8 Å². The van der Waals surface area contributed by atoms with Gasteiger partial charge in [0.2, 0.25) is 0 Å². The Morgan fingerprint density at radius 2 is 1.96 bits per heavy atom. The maximum Gasteiger partial charge on any atom is 0.334 e. The molecule has 0 spiro atoms. The Kier molecular flexibility index (Phi) is 4.78. The van der Waals surface area contributed by atoms with Crippen molar-refractivity contribution in [2.24, 2.45) is 11.3 Å². The first kappa shape index (κ1) is 18.8. The van der Waals surface area contributed by atoms with Gasteiger partial charge in [-0.2, -0.15) is 0 Å². The molecule has 0 radical (unpaired) electrons. The van der Waals surface area contributed by atoms with Crippen LogP contribution in [0.3, 0.4) is 0 Å². The van der Waals surface area contributed by atoms with Crippen LogP contribution in [-0.4, -0.2) is 33.0 Å². The molecule has 2 aliphatic rings. The Labute approximate surface area is 154 Å². The molecule has 0 unspecified atom stereocenters. The van der Waals surface area contributed by atoms with E-state index in [4.69, 9.17) is 4.74 Å². The molecular formula is C21H28O5. The van der Waals surface area contributed by atoms with Crippen molar-refractivity contribution in [1.29, 1.82) is 0 Å². The Morgan fingerprint density at radius 3 is 2.69 bits per heavy atom. The summed E-state index contributed by atoms with van der Waals surface area (Å²) < 4.78 is 5.91. The summed E-state index contributed by atoms with van der Waals surface area (Å²) >= 11 is 0. The topological polar surface area (TPSA) is 87.0 Å². The number of carbonyl (C=O) groups excluding carboxylic acids is 1. The van der Waals surface area contributed by atoms with Crippen molar-refractivity contribution in [1.82, 2.24) is 0 Å². The summed E-state index contributed by atoms with van der Waals surface area (Å²) in [6, 6.07) is 4.36. The van der Waals surface area contributed by atoms with E-state index in [0.29, 0.717) is 36.8 Å². The van der Waals surface area contributed by atoms with Crippen molar-refractivity contribution >= 4 is 5.97 Å². The van der Waals surface area contributed by atoms with Gasteiger partial charge in [0, 0.05) is 17.1 Å². The number of hydrogen-bond acceptors (Lipinski definition) is 5. The molecule has 0 bridgehead atoms. The van der Waals surface area contributed by atoms with Crippen LogP contribution in [0.5, 0.6) is 11.5 Å². The maximum atomic E-state index is 12.7. The lowest BCUT2D eigenvalue weighted by molar-refractivity contribution is -0.182. The molecule has 1 aromatic carbocycles. The van der Waals surface area contributed by atoms with Crippen molar-refractivity contribution in [3.63, 3.8) is 0 Å². The first-order chi connectivity index (χ1) is 12.1. The first-order valence-electron chi connectivity index (χ1n) is 9.25. The van der Waals surface area contributed by atoms with Gasteiger partial charge in [-0.3, -0.25) is 0 Å². The van der Waals surface area contributed by atoms with Crippen molar-refractivity contribution < 1.29 is 24.9 Å². The number of aromatic hydroxyl groups is 2. The summed E-state index contributed by atoms with van der Waals surface area (Å²) in [6.45, 7) is 6.08. The average molecular weight is 360 g/mol. The number of phenols is 2. The van der Waals surface area contributed by atoms with Crippen LogP contribution >= 0.6 is 0 Å². The average Bonchev–Trinajstić information content (AvgIpc) is 2.69. The zero-order valence-electron chi connectivity index (χ0n) is 15.7. The minimum atomic E-state index is -0.567. The summed E-state index contributed by atoms with van der Waals surface area (Å²) in [7, 11) is 0. The summed E-state index contributed by atoms with van der Waals surface area (Å²) in [5.74, 6) is -0.0648. The third-order valence-corrected chi connectivity index (χ3v) is 6.33. The Morgan fingerprint density at radius 1 is 1.23 bits per heavy atom. The van der Waals surface area contributed by atoms with Gasteiger partial charge in [0.25, 0.3) is 0 Å². The van der Waals surface area contributed by atoms with Crippen LogP contribution in [0, 0.1) is 11.3 Å². The largest absolute Gasteiger partial charge is 0.508 e. The lowest BCUT2D eigenvalue weighted by atomic mass is 9.59. The van der Waals surface area contributed by atoms with Gasteiger partial charge in [0.1, 0.15) is 17.1 Å². The van der Waals surface area contributed by atoms with Gasteiger partial charge in [-0.1, -0.05) is 19.9 Å². The molecule has 3 rings (SSSR count). The third-order valence-electron chi connectivity index (χ3n) is 6.33. The number of hydrogen-bond donors (Lipinski definition) is 3. The molecule has 142 valence electrons. The van der Waals surface area contributed by atoms with Crippen molar-refractivity contribution in [3.05, 3.63) is 35.4 Å². The number of phenolic OH excluding ortho intramolecular Hbond substituents is 2. The lowest BCUT2D eigenvalue weighted by Crippen LogP contribution is -2.54. The molecule has 1 aliphatic carbocycles. The Balaban J connectivity index is 1.84. The zero-order chi connectivity index (χ0) is 19.1. The second kappa shape index (κ2) is 6.62. The molecule has 1 aromatic rings. The highest BCUT2D eigenvalue weighted by Gasteiger charge is 2.54. The number of fused-ring (bicyclic) bond motifs is 1. The van der Waals surface area contributed by atoms with Crippen LogP contribution in [0.4, 0.5) is 0 Å². The summed E-state index contributed by atoms with van der Waals surface area (Å²) in [5, 5.41) is 29.9. The van der Waals surface area contributed by atoms with E-state index in [0.717, 1.165) is 6.42 Å². The number of aliphatic hydroxyl groups is 1. The molecule has 3 atom stereocenters. The first-order valence-corrected chi connectivity index (χ1v) is 9.25. The highest BCUT2D eigenvalue weighted by atomic mass is 16.6. The predicted octanol–water partition coefficient (Wildman–Crippen LogP) is 3.46. The SMILES string of the molecule is CC1(C)[C@H]2CC/C(=C\Cc3cc(O)ccc3O)C(=O)O[C@@]2(C)CC[C@@H]1O. The van der Waals surface area contributed by atoms with Gasteiger partial charge in [0.05, 0.1) is 6.10 Å². The Bertz CT molecular complexity index is 736. The fraction of sp³-hybridized carbons (Fsp3) is 0.571. The third kappa shape index (κ3) is 3.32. The van der Waals surface area contributed by atoms with E-state index in [9.17, 15) is 20.1 Å². The predicted molar refractivity (Wildman–Crippen MR) is 97.8 cm³/mol. The number of rotatable bonds is 2. The fourth-order valence-corrected chi connectivity index (χ4v) is 4.62. The van der Waals surface area contributed by atoms with Crippen molar-refractivity contribution in [3.8, 4) is 11.5 Å². The summed E-state index contributed by atoms with van der Waals surface area (Å²) in [4.78, 5) is 12.7. The molecule has 3 N–H and O–H groups in total. The molecule has 1 heterocycles. The molecule has 0 aromatic heterocycles. The second-order valence-corrected chi connectivity index (χ2v) is 8.42. The van der Waals surface area contributed by atoms with Crippen LogP contribution in [0.25, 0.3) is 0 Å². The number of aliphatic hydroxyl groups excluding tert-OH is 1. The van der Waals surface area contributed by atoms with Gasteiger partial charge in [-0.05, 0) is 62.6 Å². The molecule has 5 heteroatoms. The normalized spacial score (nSPS) is 32.6. The van der Waals surface area contributed by atoms with Crippen LogP contribution < -0.4 is 0 Å². The zero-order valence-corrected chi connectivity index (χ0v) is 15.7. The van der Waals surface area contributed by atoms with E-state index in [2.05, 4.69) is 0 Å². The molecule has 0 amide bonds. The number of carbonyl (C=O) groups is 1. The number of esters is 1.